The summed E-state index contributed by atoms with van der Waals surface area (Å²) >= 11 is 1.29. The Hall–Kier alpha value is -2.38. The highest BCUT2D eigenvalue weighted by atomic mass is 32.2. The molecule has 190 valence electrons. The molecule has 1 aliphatic carbocycles. The molecule has 1 saturated carbocycles. The van der Waals surface area contributed by atoms with Crippen LogP contribution in [0.3, 0.4) is 0 Å². The van der Waals surface area contributed by atoms with Crippen LogP contribution < -0.4 is 5.32 Å². The third-order valence-corrected chi connectivity index (χ3v) is 9.09. The molecule has 4 rings (SSSR count). The zero-order chi connectivity index (χ0) is 24.8. The van der Waals surface area contributed by atoms with Gasteiger partial charge in [0.05, 0.1) is 34.3 Å². The molecule has 1 aliphatic heterocycles. The largest absolute Gasteiger partial charge is 0.392 e. The van der Waals surface area contributed by atoms with Crippen LogP contribution in [-0.4, -0.2) is 69.9 Å². The number of sulfone groups is 1. The van der Waals surface area contributed by atoms with E-state index in [1.165, 1.54) is 23.5 Å². The number of thiazole rings is 1. The van der Waals surface area contributed by atoms with E-state index >= 15 is 0 Å². The average Bonchev–Trinajstić information content (AvgIpc) is 3.62. The third-order valence-electron chi connectivity index (χ3n) is 6.02. The maximum Gasteiger partial charge on any atom is 0.280 e. The number of hydrogen-bond acceptors (Lipinski definition) is 10. The number of oxime groups is 1. The van der Waals surface area contributed by atoms with Crippen molar-refractivity contribution < 1.29 is 32.3 Å². The second-order valence-electron chi connectivity index (χ2n) is 8.41. The second kappa shape index (κ2) is 11.6. The van der Waals surface area contributed by atoms with Gasteiger partial charge in [0, 0.05) is 39.0 Å². The van der Waals surface area contributed by atoms with E-state index in [0.29, 0.717) is 36.8 Å². The molecule has 2 heterocycles. The molecule has 0 unspecified atom stereocenters. The van der Waals surface area contributed by atoms with E-state index in [-0.39, 0.29) is 29.4 Å². The van der Waals surface area contributed by atoms with Crippen molar-refractivity contribution in [2.75, 3.05) is 32.8 Å². The van der Waals surface area contributed by atoms with Gasteiger partial charge in [0.2, 0.25) is 0 Å². The molecule has 2 aromatic rings. The summed E-state index contributed by atoms with van der Waals surface area (Å²) in [6.45, 7) is 1.02. The fraction of sp³-hybridized carbons (Fsp3) is 0.522. The van der Waals surface area contributed by atoms with Gasteiger partial charge in [-0.1, -0.05) is 28.6 Å². The summed E-state index contributed by atoms with van der Waals surface area (Å²) in [5.41, 5.74) is 0.460. The zero-order valence-electron chi connectivity index (χ0n) is 19.6. The molecule has 1 N–H and O–H groups in total. The maximum atomic E-state index is 13.2. The normalized spacial score (nSPS) is 22.9. The number of ether oxygens (including phenoxy) is 3. The SMILES string of the molecule is COCc1cnc(NC(=O)C(=NO[C@@H]2CC[C@@H](OC)C2)c2ccc(S(=O)(=O)[C@H]3CCOC3)cc2)s1. The van der Waals surface area contributed by atoms with Crippen molar-refractivity contribution in [3.63, 3.8) is 0 Å². The molecule has 3 atom stereocenters. The van der Waals surface area contributed by atoms with Crippen LogP contribution in [0.15, 0.2) is 40.5 Å². The maximum absolute atomic E-state index is 13.2. The smallest absolute Gasteiger partial charge is 0.280 e. The minimum atomic E-state index is -3.52. The summed E-state index contributed by atoms with van der Waals surface area (Å²) in [5, 5.41) is 6.77. The van der Waals surface area contributed by atoms with Crippen LogP contribution in [0.5, 0.6) is 0 Å². The van der Waals surface area contributed by atoms with E-state index in [9.17, 15) is 13.2 Å². The highest BCUT2D eigenvalue weighted by molar-refractivity contribution is 7.92. The summed E-state index contributed by atoms with van der Waals surface area (Å²) in [6, 6.07) is 6.11. The first kappa shape index (κ1) is 25.7. The first-order valence-corrected chi connectivity index (χ1v) is 13.7. The van der Waals surface area contributed by atoms with Gasteiger partial charge in [0.15, 0.2) is 20.7 Å². The molecule has 1 amide bonds. The van der Waals surface area contributed by atoms with Gasteiger partial charge in [-0.05, 0) is 31.4 Å². The van der Waals surface area contributed by atoms with Crippen LogP contribution in [0.25, 0.3) is 0 Å². The van der Waals surface area contributed by atoms with Crippen molar-refractivity contribution in [3.8, 4) is 0 Å². The number of carbonyl (C=O) groups is 1. The highest BCUT2D eigenvalue weighted by Crippen LogP contribution is 2.26. The van der Waals surface area contributed by atoms with E-state index in [1.807, 2.05) is 0 Å². The molecule has 10 nitrogen and oxygen atoms in total. The van der Waals surface area contributed by atoms with Crippen molar-refractivity contribution >= 4 is 37.9 Å². The fourth-order valence-electron chi connectivity index (χ4n) is 4.05. The van der Waals surface area contributed by atoms with Gasteiger partial charge >= 0.3 is 0 Å². The van der Waals surface area contributed by atoms with E-state index in [0.717, 1.165) is 17.7 Å². The van der Waals surface area contributed by atoms with Crippen molar-refractivity contribution in [2.45, 2.75) is 54.6 Å². The molecular weight excluding hydrogens is 494 g/mol. The van der Waals surface area contributed by atoms with Crippen LogP contribution >= 0.6 is 11.3 Å². The number of nitrogens with zero attached hydrogens (tertiary/aromatic N) is 2. The number of nitrogens with one attached hydrogen (secondary N) is 1. The molecule has 1 saturated heterocycles. The standard InChI is InChI=1S/C23H29N3O7S2/c1-30-13-18-12-24-23(34-18)25-22(27)21(26-33-17-6-5-16(11-17)31-2)15-3-7-19(8-4-15)35(28,29)20-9-10-32-14-20/h3-4,7-8,12,16-17,20H,5-6,9-11,13-14H2,1-2H3,(H,24,25,27)/t16-,17-,20+/m1/s1. The van der Waals surface area contributed by atoms with Gasteiger partial charge in [0.1, 0.15) is 6.10 Å². The predicted molar refractivity (Wildman–Crippen MR) is 130 cm³/mol. The fourth-order valence-corrected chi connectivity index (χ4v) is 6.41. The Morgan fingerprint density at radius 1 is 1.20 bits per heavy atom. The molecule has 1 aromatic carbocycles. The second-order valence-corrected chi connectivity index (χ2v) is 11.8. The number of aromatic nitrogens is 1. The molecule has 0 bridgehead atoms. The Morgan fingerprint density at radius 3 is 2.63 bits per heavy atom. The molecule has 0 spiro atoms. The Morgan fingerprint density at radius 2 is 1.97 bits per heavy atom. The topological polar surface area (TPSA) is 125 Å². The van der Waals surface area contributed by atoms with Crippen molar-refractivity contribution in [3.05, 3.63) is 40.9 Å². The summed E-state index contributed by atoms with van der Waals surface area (Å²) in [6.07, 6.45) is 4.34. The number of hydrogen-bond donors (Lipinski definition) is 1. The van der Waals surface area contributed by atoms with Gasteiger partial charge in [0.25, 0.3) is 5.91 Å². The number of methoxy groups -OCH3 is 2. The minimum Gasteiger partial charge on any atom is -0.392 e. The van der Waals surface area contributed by atoms with Crippen LogP contribution in [0.1, 0.15) is 36.1 Å². The average molecular weight is 524 g/mol. The molecule has 2 fully saturated rings. The van der Waals surface area contributed by atoms with Crippen molar-refractivity contribution in [1.29, 1.82) is 0 Å². The summed E-state index contributed by atoms with van der Waals surface area (Å²) < 4.78 is 41.4. The lowest BCUT2D eigenvalue weighted by Gasteiger charge is -2.13. The lowest BCUT2D eigenvalue weighted by atomic mass is 10.1. The van der Waals surface area contributed by atoms with Crippen molar-refractivity contribution in [2.24, 2.45) is 5.16 Å². The molecule has 1 aromatic heterocycles. The number of carbonyl (C=O) groups excluding carboxylic acids is 1. The molecule has 0 radical (unpaired) electrons. The Labute approximate surface area is 208 Å². The number of anilines is 1. The van der Waals surface area contributed by atoms with Crippen LogP contribution in [0.4, 0.5) is 5.13 Å². The first-order valence-electron chi connectivity index (χ1n) is 11.3. The Kier molecular flexibility index (Phi) is 8.50. The quantitative estimate of drug-likeness (QED) is 0.372. The van der Waals surface area contributed by atoms with Gasteiger partial charge in [-0.15, -0.1) is 0 Å². The lowest BCUT2D eigenvalue weighted by Crippen LogP contribution is -2.25. The van der Waals surface area contributed by atoms with E-state index in [4.69, 9.17) is 19.0 Å². The highest BCUT2D eigenvalue weighted by Gasteiger charge is 2.31. The molecule has 35 heavy (non-hydrogen) atoms. The Bertz CT molecular complexity index is 1140. The van der Waals surface area contributed by atoms with E-state index in [2.05, 4.69) is 15.5 Å². The monoisotopic (exact) mass is 523 g/mol. The molecular formula is C23H29N3O7S2. The third kappa shape index (κ3) is 6.25. The minimum absolute atomic E-state index is 0.0301. The number of rotatable bonds is 10. The zero-order valence-corrected chi connectivity index (χ0v) is 21.3. The molecule has 12 heteroatoms. The summed E-state index contributed by atoms with van der Waals surface area (Å²) in [5.74, 6) is -0.510. The lowest BCUT2D eigenvalue weighted by molar-refractivity contribution is -0.110. The van der Waals surface area contributed by atoms with Crippen LogP contribution in [0, 0.1) is 0 Å². The number of benzene rings is 1. The van der Waals surface area contributed by atoms with E-state index in [1.54, 1.807) is 32.5 Å². The van der Waals surface area contributed by atoms with Gasteiger partial charge in [-0.3, -0.25) is 10.1 Å². The van der Waals surface area contributed by atoms with Crippen molar-refractivity contribution in [1.82, 2.24) is 4.98 Å². The van der Waals surface area contributed by atoms with Gasteiger partial charge in [-0.25, -0.2) is 13.4 Å². The predicted octanol–water partition coefficient (Wildman–Crippen LogP) is 2.78. The van der Waals surface area contributed by atoms with E-state index < -0.39 is 21.0 Å². The van der Waals surface area contributed by atoms with Gasteiger partial charge < -0.3 is 19.0 Å². The Balaban J connectivity index is 1.55. The first-order chi connectivity index (χ1) is 16.9. The van der Waals surface area contributed by atoms with Gasteiger partial charge in [-0.2, -0.15) is 0 Å². The molecule has 2 aliphatic rings. The van der Waals surface area contributed by atoms with Crippen LogP contribution in [0.2, 0.25) is 0 Å². The number of amides is 1. The van der Waals surface area contributed by atoms with Crippen LogP contribution in [-0.2, 0) is 40.3 Å². The summed E-state index contributed by atoms with van der Waals surface area (Å²) in [4.78, 5) is 24.1. The summed E-state index contributed by atoms with van der Waals surface area (Å²) in [7, 11) is -0.273.